The zero-order chi connectivity index (χ0) is 60.6. The Balaban J connectivity index is 1.17. The fourth-order valence-electron chi connectivity index (χ4n) is 8.48. The van der Waals surface area contributed by atoms with E-state index in [1.165, 1.54) is 49.7 Å². The van der Waals surface area contributed by atoms with Gasteiger partial charge in [-0.1, -0.05) is 25.1 Å². The fourth-order valence-corrected chi connectivity index (χ4v) is 10.7. The van der Waals surface area contributed by atoms with Crippen molar-refractivity contribution >= 4 is 91.5 Å². The smallest absolute Gasteiger partial charge is 0.271 e. The van der Waals surface area contributed by atoms with Gasteiger partial charge in [0, 0.05) is 95.1 Å². The quantitative estimate of drug-likeness (QED) is 0.0203. The first kappa shape index (κ1) is 66.9. The predicted molar refractivity (Wildman–Crippen MR) is 320 cm³/mol. The Labute approximate surface area is 492 Å². The Kier molecular flexibility index (Phi) is 27.4. The molecule has 1 aromatic carbocycles. The van der Waals surface area contributed by atoms with Crippen molar-refractivity contribution in [3.8, 4) is 10.7 Å². The molecule has 0 spiro atoms. The number of nitrogens with one attached hydrogen (secondary N) is 9. The molecule has 5 aromatic rings. The first-order valence-electron chi connectivity index (χ1n) is 27.4. The fraction of sp³-hybridized carbons (Fsp3) is 0.528. The molecule has 0 bridgehead atoms. The normalized spacial score (nSPS) is 14.3. The third-order valence-corrected chi connectivity index (χ3v) is 16.0. The van der Waals surface area contributed by atoms with Crippen LogP contribution >= 0.6 is 22.7 Å². The number of hydrogen-bond acceptors (Lipinski definition) is 21. The van der Waals surface area contributed by atoms with E-state index in [0.717, 1.165) is 62.8 Å². The van der Waals surface area contributed by atoms with Gasteiger partial charge in [-0.3, -0.25) is 37.8 Å². The van der Waals surface area contributed by atoms with Crippen molar-refractivity contribution in [2.24, 2.45) is 28.9 Å². The number of H-pyrrole nitrogens is 1. The maximum Gasteiger partial charge on any atom is 0.271 e. The van der Waals surface area contributed by atoms with Gasteiger partial charge in [0.1, 0.15) is 45.8 Å². The lowest BCUT2D eigenvalue weighted by atomic mass is 9.96. The number of aliphatic hydroxyl groups excluding tert-OH is 1. The van der Waals surface area contributed by atoms with Crippen molar-refractivity contribution in [2.75, 3.05) is 70.1 Å². The summed E-state index contributed by atoms with van der Waals surface area (Å²) in [6, 6.07) is 1.55. The van der Waals surface area contributed by atoms with E-state index in [-0.39, 0.29) is 66.9 Å². The highest BCUT2D eigenvalue weighted by atomic mass is 32.2. The van der Waals surface area contributed by atoms with Gasteiger partial charge in [0.15, 0.2) is 0 Å². The van der Waals surface area contributed by atoms with Gasteiger partial charge in [0.25, 0.3) is 11.8 Å². The Morgan fingerprint density at radius 3 is 2.20 bits per heavy atom. The molecule has 4 heterocycles. The lowest BCUT2D eigenvalue weighted by Gasteiger charge is -2.28. The third-order valence-electron chi connectivity index (χ3n) is 13.4. The number of hydrogen-bond donors (Lipinski definition) is 15. The van der Waals surface area contributed by atoms with Crippen LogP contribution in [0.5, 0.6) is 0 Å². The van der Waals surface area contributed by atoms with Crippen molar-refractivity contribution in [2.45, 2.75) is 108 Å². The minimum Gasteiger partial charge on any atom is -0.390 e. The summed E-state index contributed by atoms with van der Waals surface area (Å²) in [6.07, 6.45) is 5.45. The van der Waals surface area contributed by atoms with Gasteiger partial charge in [-0.05, 0) is 90.3 Å². The van der Waals surface area contributed by atoms with Crippen LogP contribution in [0.3, 0.4) is 0 Å². The number of anilines is 1. The van der Waals surface area contributed by atoms with E-state index in [4.69, 9.17) is 28.7 Å². The predicted octanol–water partition coefficient (Wildman–Crippen LogP) is -1.37. The van der Waals surface area contributed by atoms with Gasteiger partial charge in [-0.2, -0.15) is 0 Å². The molecule has 0 aliphatic carbocycles. The number of unbranched alkanes of at least 4 members (excludes halogenated alkanes) is 1. The second-order valence-electron chi connectivity index (χ2n) is 20.0. The molecule has 5 rings (SSSR count). The van der Waals surface area contributed by atoms with Gasteiger partial charge >= 0.3 is 0 Å². The molecule has 8 atom stereocenters. The Morgan fingerprint density at radius 2 is 1.51 bits per heavy atom. The van der Waals surface area contributed by atoms with Crippen LogP contribution in [0, 0.1) is 12.8 Å². The van der Waals surface area contributed by atoms with E-state index in [9.17, 15) is 42.9 Å². The molecular formula is C53H80N18O9S3. The zero-order valence-electron chi connectivity index (χ0n) is 47.2. The number of para-hydroxylation sites is 1. The largest absolute Gasteiger partial charge is 0.390 e. The van der Waals surface area contributed by atoms with Crippen LogP contribution in [-0.2, 0) is 47.6 Å². The summed E-state index contributed by atoms with van der Waals surface area (Å²) in [4.78, 5) is 113. The van der Waals surface area contributed by atoms with E-state index in [2.05, 4.69) is 67.5 Å². The third kappa shape index (κ3) is 21.4. The Bertz CT molecular complexity index is 2990. The van der Waals surface area contributed by atoms with Crippen LogP contribution < -0.4 is 71.2 Å². The number of aromatic amines is 1. The van der Waals surface area contributed by atoms with Crippen LogP contribution in [-0.4, -0.2) is 170 Å². The number of carbonyl (C=O) groups excluding carboxylic acids is 7. The standard InChI is InChI=1S/C53H80N18O9S3/c1-29-43(70-47(71-45(29)57)37(24-41(56)72)64-26-34(55)46(58)74)52(79)68-38(23-32-25-63-35-12-6-5-11-33(32)35)51(78)65-31(3)44(73)30(2)48(75)67-36(14-22-83(4)80)49(76)62-21-13-42-66-40(28-81-42)53-69-39(27-82-53)50(77)61-20-10-19-60-17-8-7-16-59-18-9-15-54/h5-6,11-12,25,27-28,30-31,34,36-38,44,59-60,63-64,73H,7-10,13-24,26,54-55H2,1-4H3,(H2,56,72)(H2,58,74)(H,61,77)(H,62,76)(H,65,78)(H,67,75)(H,68,79)(H2,57,70,71)/t30-,31+,34-,36-,37-,38-,44-,83?/m0/s1. The van der Waals surface area contributed by atoms with Gasteiger partial charge in [0.05, 0.1) is 35.2 Å². The van der Waals surface area contributed by atoms with Gasteiger partial charge in [0.2, 0.25) is 29.5 Å². The van der Waals surface area contributed by atoms with E-state index in [1.54, 1.807) is 11.6 Å². The lowest BCUT2D eigenvalue weighted by Crippen LogP contribution is -2.56. The SMILES string of the molecule is Cc1c(N)nc([C@H](CC(N)=O)NC[C@H](N)C(N)=O)nc1C(=O)N[C@@H](Cc1c[nH]c2ccccc12)C(=O)N[C@H](C)[C@@H](O)[C@H](C)C(=O)N[C@@H](CCS(C)=O)C(=O)NCCc1nc(-c2nc(C(=O)NCCCNCCCCNCCCN)cs2)cs1. The summed E-state index contributed by atoms with van der Waals surface area (Å²) < 4.78 is 12.2. The van der Waals surface area contributed by atoms with Crippen LogP contribution in [0.15, 0.2) is 41.2 Å². The van der Waals surface area contributed by atoms with Crippen molar-refractivity contribution < 1.29 is 42.9 Å². The average Bonchev–Trinajstić information content (AvgIpc) is 4.44. The van der Waals surface area contributed by atoms with E-state index in [1.807, 2.05) is 29.6 Å². The van der Waals surface area contributed by atoms with Gasteiger partial charge < -0.3 is 81.3 Å². The summed E-state index contributed by atoms with van der Waals surface area (Å²) in [7, 11) is -1.32. The second kappa shape index (κ2) is 34.0. The molecular weight excluding hydrogens is 1130 g/mol. The molecule has 0 aliphatic heterocycles. The van der Waals surface area contributed by atoms with E-state index >= 15 is 0 Å². The lowest BCUT2D eigenvalue weighted by molar-refractivity contribution is -0.134. The molecule has 0 radical (unpaired) electrons. The number of amides is 7. The molecule has 0 aliphatic rings. The number of thiazole rings is 2. The molecule has 27 nitrogen and oxygen atoms in total. The number of nitrogen functional groups attached to an aromatic ring is 1. The molecule has 0 saturated heterocycles. The highest BCUT2D eigenvalue weighted by Gasteiger charge is 2.34. The highest BCUT2D eigenvalue weighted by molar-refractivity contribution is 7.84. The van der Waals surface area contributed by atoms with E-state index in [0.29, 0.717) is 46.5 Å². The average molecular weight is 1210 g/mol. The Morgan fingerprint density at radius 1 is 0.795 bits per heavy atom. The van der Waals surface area contributed by atoms with Crippen molar-refractivity contribution in [3.05, 3.63) is 74.6 Å². The van der Waals surface area contributed by atoms with Gasteiger partial charge in [-0.25, -0.2) is 19.9 Å². The van der Waals surface area contributed by atoms with Crippen molar-refractivity contribution in [3.63, 3.8) is 0 Å². The van der Waals surface area contributed by atoms with Crippen LogP contribution in [0.1, 0.15) is 101 Å². The Hall–Kier alpha value is -6.90. The summed E-state index contributed by atoms with van der Waals surface area (Å²) in [5, 5.41) is 40.6. The van der Waals surface area contributed by atoms with Crippen LogP contribution in [0.25, 0.3) is 21.6 Å². The summed E-state index contributed by atoms with van der Waals surface area (Å²) in [5.74, 6) is -6.11. The van der Waals surface area contributed by atoms with Gasteiger partial charge in [-0.15, -0.1) is 22.7 Å². The van der Waals surface area contributed by atoms with Crippen molar-refractivity contribution in [1.29, 1.82) is 0 Å². The number of aliphatic hydroxyl groups is 1. The number of nitrogens with zero attached hydrogens (tertiary/aromatic N) is 4. The highest BCUT2D eigenvalue weighted by Crippen LogP contribution is 2.26. The maximum absolute atomic E-state index is 14.3. The minimum atomic E-state index is -1.52. The maximum atomic E-state index is 14.3. The molecule has 0 fully saturated rings. The number of primary amides is 2. The zero-order valence-corrected chi connectivity index (χ0v) is 49.7. The topological polar surface area (TPSA) is 450 Å². The molecule has 7 amide bonds. The molecule has 4 aromatic heterocycles. The number of benzene rings is 1. The number of rotatable bonds is 38. The number of nitrogens with two attached hydrogens (primary N) is 5. The summed E-state index contributed by atoms with van der Waals surface area (Å²) >= 11 is 2.66. The molecule has 1 unspecified atom stereocenters. The number of carbonyl (C=O) groups is 7. The molecule has 30 heteroatoms. The van der Waals surface area contributed by atoms with Crippen molar-refractivity contribution in [1.82, 2.24) is 67.5 Å². The molecule has 83 heavy (non-hydrogen) atoms. The van der Waals surface area contributed by atoms with E-state index < -0.39 is 88.5 Å². The first-order valence-corrected chi connectivity index (χ1v) is 30.9. The summed E-state index contributed by atoms with van der Waals surface area (Å²) in [5.41, 5.74) is 30.6. The molecule has 454 valence electrons. The minimum absolute atomic E-state index is 0.0165. The van der Waals surface area contributed by atoms with Crippen LogP contribution in [0.4, 0.5) is 5.82 Å². The summed E-state index contributed by atoms with van der Waals surface area (Å²) in [6.45, 7) is 9.13. The number of fused-ring (bicyclic) bond motifs is 1. The van der Waals surface area contributed by atoms with Crippen LogP contribution in [0.2, 0.25) is 0 Å². The molecule has 0 saturated carbocycles. The molecule has 20 N–H and O–H groups in total. The number of aromatic nitrogens is 5. The first-order chi connectivity index (χ1) is 39.7. The second-order valence-corrected chi connectivity index (χ2v) is 23.4. The monoisotopic (exact) mass is 1210 g/mol.